The molecule has 0 fully saturated rings. The molecule has 3 aromatic carbocycles. The maximum Gasteiger partial charge on any atom is 0.266 e. The number of anilines is 1. The first kappa shape index (κ1) is 18.6. The van der Waals surface area contributed by atoms with Crippen molar-refractivity contribution in [1.29, 1.82) is 0 Å². The van der Waals surface area contributed by atoms with Crippen LogP contribution in [0.5, 0.6) is 0 Å². The van der Waals surface area contributed by atoms with E-state index < -0.39 is 0 Å². The molecule has 4 aromatic rings. The van der Waals surface area contributed by atoms with Crippen molar-refractivity contribution < 1.29 is 4.79 Å². The van der Waals surface area contributed by atoms with Gasteiger partial charge in [0.05, 0.1) is 32.2 Å². The minimum Gasteiger partial charge on any atom is -0.321 e. The van der Waals surface area contributed by atoms with Gasteiger partial charge >= 0.3 is 0 Å². The van der Waals surface area contributed by atoms with Crippen LogP contribution in [0.2, 0.25) is 10.0 Å². The molecule has 0 aliphatic carbocycles. The summed E-state index contributed by atoms with van der Waals surface area (Å²) in [6.07, 6.45) is 1.59. The maximum atomic E-state index is 13.4. The van der Waals surface area contributed by atoms with Crippen molar-refractivity contribution in [1.82, 2.24) is 9.55 Å². The topological polar surface area (TPSA) is 64.0 Å². The van der Waals surface area contributed by atoms with Gasteiger partial charge in [0.2, 0.25) is 0 Å². The average molecular weight is 434 g/mol. The Labute approximate surface area is 181 Å². The highest BCUT2D eigenvalue weighted by molar-refractivity contribution is 6.38. The van der Waals surface area contributed by atoms with Crippen LogP contribution in [-0.2, 0) is 4.79 Å². The fraction of sp³-hybridized carbons (Fsp3) is 0. The number of carbonyl (C=O) groups excluding carboxylic acids is 1. The number of hydrogen-bond acceptors (Lipinski definition) is 3. The Morgan fingerprint density at radius 1 is 0.867 bits per heavy atom. The summed E-state index contributed by atoms with van der Waals surface area (Å²) in [5.41, 5.74) is 2.36. The van der Waals surface area contributed by atoms with E-state index in [1.807, 2.05) is 24.3 Å². The molecule has 1 aliphatic rings. The zero-order valence-electron chi connectivity index (χ0n) is 15.4. The Morgan fingerprint density at radius 3 is 2.37 bits per heavy atom. The molecule has 0 saturated heterocycles. The van der Waals surface area contributed by atoms with Gasteiger partial charge in [-0.3, -0.25) is 14.2 Å². The number of nitrogens with one attached hydrogen (secondary N) is 1. The third kappa shape index (κ3) is 2.91. The predicted octanol–water partition coefficient (Wildman–Crippen LogP) is 5.19. The molecule has 7 heteroatoms. The van der Waals surface area contributed by atoms with Crippen molar-refractivity contribution in [2.24, 2.45) is 0 Å². The number of amides is 1. The van der Waals surface area contributed by atoms with Crippen LogP contribution >= 0.6 is 23.2 Å². The van der Waals surface area contributed by atoms with E-state index in [9.17, 15) is 9.59 Å². The molecule has 5 rings (SSSR count). The van der Waals surface area contributed by atoms with Crippen molar-refractivity contribution in [2.45, 2.75) is 0 Å². The Balaban J connectivity index is 1.87. The van der Waals surface area contributed by atoms with Crippen molar-refractivity contribution in [2.75, 3.05) is 5.32 Å². The normalized spacial score (nSPS) is 14.2. The molecule has 1 N–H and O–H groups in total. The lowest BCUT2D eigenvalue weighted by molar-refractivity contribution is -0.110. The number of benzene rings is 3. The van der Waals surface area contributed by atoms with Gasteiger partial charge in [-0.25, -0.2) is 4.98 Å². The number of carbonyl (C=O) groups is 1. The van der Waals surface area contributed by atoms with Crippen molar-refractivity contribution in [3.63, 3.8) is 0 Å². The molecule has 1 amide bonds. The van der Waals surface area contributed by atoms with Crippen LogP contribution in [0.3, 0.4) is 0 Å². The molecule has 0 saturated carbocycles. The highest BCUT2D eigenvalue weighted by atomic mass is 35.5. The molecular weight excluding hydrogens is 421 g/mol. The second-order valence-electron chi connectivity index (χ2n) is 6.76. The summed E-state index contributed by atoms with van der Waals surface area (Å²) < 4.78 is 1.36. The van der Waals surface area contributed by atoms with Gasteiger partial charge in [0.25, 0.3) is 11.5 Å². The number of hydrogen-bond donors (Lipinski definition) is 1. The molecule has 5 nitrogen and oxygen atoms in total. The fourth-order valence-corrected chi connectivity index (χ4v) is 4.14. The SMILES string of the molecule is O=C1Nc2ccccc2/C1=C\c1nc2ccccc2c(=O)n1-c1c(Cl)cccc1Cl. The van der Waals surface area contributed by atoms with E-state index in [1.54, 1.807) is 48.5 Å². The van der Waals surface area contributed by atoms with Gasteiger partial charge in [0.1, 0.15) is 5.82 Å². The molecule has 0 spiro atoms. The Bertz CT molecular complexity index is 1420. The highest BCUT2D eigenvalue weighted by Gasteiger charge is 2.25. The number of halogens is 2. The van der Waals surface area contributed by atoms with E-state index in [-0.39, 0.29) is 17.3 Å². The van der Waals surface area contributed by atoms with E-state index >= 15 is 0 Å². The number of rotatable bonds is 2. The van der Waals surface area contributed by atoms with Crippen LogP contribution in [0.25, 0.3) is 28.2 Å². The number of nitrogens with zero attached hydrogens (tertiary/aromatic N) is 2. The first-order valence-electron chi connectivity index (χ1n) is 9.13. The number of para-hydroxylation sites is 3. The second kappa shape index (κ2) is 7.13. The Hall–Kier alpha value is -3.41. The summed E-state index contributed by atoms with van der Waals surface area (Å²) in [6.45, 7) is 0. The molecule has 0 radical (unpaired) electrons. The average Bonchev–Trinajstić information content (AvgIpc) is 3.05. The van der Waals surface area contributed by atoms with Gasteiger partial charge < -0.3 is 5.32 Å². The summed E-state index contributed by atoms with van der Waals surface area (Å²) >= 11 is 12.8. The molecule has 2 heterocycles. The zero-order chi connectivity index (χ0) is 20.8. The van der Waals surface area contributed by atoms with E-state index in [2.05, 4.69) is 10.3 Å². The largest absolute Gasteiger partial charge is 0.321 e. The Kier molecular flexibility index (Phi) is 4.42. The highest BCUT2D eigenvalue weighted by Crippen LogP contribution is 2.34. The molecule has 1 aliphatic heterocycles. The summed E-state index contributed by atoms with van der Waals surface area (Å²) in [5, 5.41) is 3.86. The number of fused-ring (bicyclic) bond motifs is 2. The molecule has 146 valence electrons. The summed E-state index contributed by atoms with van der Waals surface area (Å²) in [6, 6.07) is 19.4. The lowest BCUT2D eigenvalue weighted by Crippen LogP contribution is -2.23. The lowest BCUT2D eigenvalue weighted by Gasteiger charge is -2.14. The number of aromatic nitrogens is 2. The molecule has 30 heavy (non-hydrogen) atoms. The van der Waals surface area contributed by atoms with Crippen molar-refractivity contribution >= 4 is 57.3 Å². The Morgan fingerprint density at radius 2 is 1.57 bits per heavy atom. The minimum atomic E-state index is -0.325. The van der Waals surface area contributed by atoms with Crippen LogP contribution < -0.4 is 10.9 Å². The van der Waals surface area contributed by atoms with Gasteiger partial charge in [-0.1, -0.05) is 59.6 Å². The third-order valence-corrected chi connectivity index (χ3v) is 5.56. The van der Waals surface area contributed by atoms with Crippen molar-refractivity contribution in [3.8, 4) is 5.69 Å². The van der Waals surface area contributed by atoms with Crippen molar-refractivity contribution in [3.05, 3.63) is 98.5 Å². The molecule has 1 aromatic heterocycles. The van der Waals surface area contributed by atoms with Crippen LogP contribution in [0, 0.1) is 0 Å². The lowest BCUT2D eigenvalue weighted by atomic mass is 10.1. The quantitative estimate of drug-likeness (QED) is 0.442. The van der Waals surface area contributed by atoms with Gasteiger partial charge in [0, 0.05) is 11.3 Å². The summed E-state index contributed by atoms with van der Waals surface area (Å²) in [7, 11) is 0. The van der Waals surface area contributed by atoms with Gasteiger partial charge in [-0.2, -0.15) is 0 Å². The molecule has 0 unspecified atom stereocenters. The molecular formula is C23H13Cl2N3O2. The molecule has 0 atom stereocenters. The van der Waals surface area contributed by atoms with Crippen LogP contribution in [-0.4, -0.2) is 15.5 Å². The summed E-state index contributed by atoms with van der Waals surface area (Å²) in [4.78, 5) is 30.7. The molecule has 0 bridgehead atoms. The van der Waals surface area contributed by atoms with Gasteiger partial charge in [-0.15, -0.1) is 0 Å². The summed E-state index contributed by atoms with van der Waals surface area (Å²) in [5.74, 6) is -0.00836. The minimum absolute atomic E-state index is 0.260. The monoisotopic (exact) mass is 433 g/mol. The second-order valence-corrected chi connectivity index (χ2v) is 7.57. The maximum absolute atomic E-state index is 13.4. The van der Waals surface area contributed by atoms with Crippen LogP contribution in [0.15, 0.2) is 71.5 Å². The predicted molar refractivity (Wildman–Crippen MR) is 120 cm³/mol. The van der Waals surface area contributed by atoms with E-state index in [4.69, 9.17) is 23.2 Å². The van der Waals surface area contributed by atoms with E-state index in [1.165, 1.54) is 4.57 Å². The fourth-order valence-electron chi connectivity index (χ4n) is 3.58. The first-order chi connectivity index (χ1) is 14.5. The van der Waals surface area contributed by atoms with Crippen LogP contribution in [0.1, 0.15) is 11.4 Å². The standard InChI is InChI=1S/C23H13Cl2N3O2/c24-16-8-5-9-17(25)21(16)28-20(26-19-11-4-2-7-14(19)23(28)30)12-15-13-6-1-3-10-18(13)27-22(15)29/h1-12H,(H,27,29)/b15-12+. The van der Waals surface area contributed by atoms with Gasteiger partial charge in [0.15, 0.2) is 0 Å². The smallest absolute Gasteiger partial charge is 0.266 e. The first-order valence-corrected chi connectivity index (χ1v) is 9.89. The van der Waals surface area contributed by atoms with E-state index in [0.29, 0.717) is 37.9 Å². The zero-order valence-corrected chi connectivity index (χ0v) is 16.9. The third-order valence-electron chi connectivity index (χ3n) is 4.95. The van der Waals surface area contributed by atoms with Gasteiger partial charge in [-0.05, 0) is 36.4 Å². The van der Waals surface area contributed by atoms with Crippen LogP contribution in [0.4, 0.5) is 5.69 Å². The van der Waals surface area contributed by atoms with E-state index in [0.717, 1.165) is 5.56 Å².